The number of anilines is 1. The molecular weight excluding hydrogens is 542 g/mol. The van der Waals surface area contributed by atoms with E-state index in [0.717, 1.165) is 11.3 Å². The first-order chi connectivity index (χ1) is 17.9. The van der Waals surface area contributed by atoms with E-state index in [0.29, 0.717) is 24.7 Å². The molecule has 1 rings (SSSR count). The normalized spacial score (nSPS) is 13.1. The monoisotopic (exact) mass is 575 g/mol. The Labute approximate surface area is 229 Å². The van der Waals surface area contributed by atoms with Crippen molar-refractivity contribution in [1.29, 1.82) is 0 Å². The summed E-state index contributed by atoms with van der Waals surface area (Å²) < 4.78 is 0. The van der Waals surface area contributed by atoms with E-state index in [1.54, 1.807) is 12.1 Å². The van der Waals surface area contributed by atoms with Gasteiger partial charge in [0.2, 0.25) is 11.8 Å². The third-order valence-corrected chi connectivity index (χ3v) is 6.49. The van der Waals surface area contributed by atoms with Crippen LogP contribution < -0.4 is 27.0 Å². The summed E-state index contributed by atoms with van der Waals surface area (Å²) in [6.45, 7) is 0.450. The minimum absolute atomic E-state index is 0.119. The molecular formula is C23H34ClN5O8S. The molecule has 15 heteroatoms. The summed E-state index contributed by atoms with van der Waals surface area (Å²) in [6, 6.07) is 4.02. The Morgan fingerprint density at radius 3 is 2.16 bits per heavy atom. The van der Waals surface area contributed by atoms with Gasteiger partial charge >= 0.3 is 17.9 Å². The highest BCUT2D eigenvalue weighted by Gasteiger charge is 2.22. The van der Waals surface area contributed by atoms with Gasteiger partial charge in [-0.15, -0.1) is 11.6 Å². The molecule has 0 bridgehead atoms. The fourth-order valence-corrected chi connectivity index (χ4v) is 4.37. The number of aliphatic carboxylic acids is 3. The van der Waals surface area contributed by atoms with Crippen molar-refractivity contribution in [3.8, 4) is 0 Å². The maximum Gasteiger partial charge on any atom is 0.322 e. The highest BCUT2D eigenvalue weighted by atomic mass is 35.5. The van der Waals surface area contributed by atoms with Crippen molar-refractivity contribution >= 4 is 58.8 Å². The standard InChI is InChI=1S/C23H34ClN5O8S/c24-7-8-29(15-3-1-14(2-4-15)11-17(26)23(36)37)9-10-38-13-18(21(33)27-12-20(31)32)28-19(30)6-5-16(25)22(34)35/h1-4,16-18H,5-13,25-26H2,(H,27,33)(H,28,30)(H,31,32)(H,34,35)(H,36,37). The highest BCUT2D eigenvalue weighted by Crippen LogP contribution is 2.17. The van der Waals surface area contributed by atoms with Crippen LogP contribution in [0.15, 0.2) is 24.3 Å². The lowest BCUT2D eigenvalue weighted by molar-refractivity contribution is -0.139. The van der Waals surface area contributed by atoms with Crippen molar-refractivity contribution in [1.82, 2.24) is 10.6 Å². The molecule has 0 aliphatic carbocycles. The first-order valence-corrected chi connectivity index (χ1v) is 13.4. The third kappa shape index (κ3) is 12.9. The van der Waals surface area contributed by atoms with Gasteiger partial charge in [0.15, 0.2) is 0 Å². The smallest absolute Gasteiger partial charge is 0.322 e. The fraction of sp³-hybridized carbons (Fsp3) is 0.522. The zero-order valence-corrected chi connectivity index (χ0v) is 22.2. The van der Waals surface area contributed by atoms with Crippen molar-refractivity contribution in [3.63, 3.8) is 0 Å². The molecule has 1 aromatic carbocycles. The largest absolute Gasteiger partial charge is 0.480 e. The number of nitrogens with zero attached hydrogens (tertiary/aromatic N) is 1. The summed E-state index contributed by atoms with van der Waals surface area (Å²) in [4.78, 5) is 59.3. The maximum absolute atomic E-state index is 12.4. The van der Waals surface area contributed by atoms with E-state index in [1.165, 1.54) is 11.8 Å². The van der Waals surface area contributed by atoms with Crippen LogP contribution in [-0.2, 0) is 30.4 Å². The van der Waals surface area contributed by atoms with Crippen LogP contribution in [0, 0.1) is 0 Å². The van der Waals surface area contributed by atoms with E-state index < -0.39 is 54.4 Å². The second kappa shape index (κ2) is 17.4. The number of rotatable bonds is 19. The van der Waals surface area contributed by atoms with Crippen molar-refractivity contribution in [3.05, 3.63) is 29.8 Å². The van der Waals surface area contributed by atoms with E-state index in [4.69, 9.17) is 38.4 Å². The van der Waals surface area contributed by atoms with Crippen LogP contribution in [-0.4, -0.2) is 100 Å². The minimum atomic E-state index is -1.25. The van der Waals surface area contributed by atoms with E-state index in [9.17, 15) is 24.0 Å². The van der Waals surface area contributed by atoms with Crippen LogP contribution in [0.3, 0.4) is 0 Å². The number of hydrogen-bond donors (Lipinski definition) is 7. The van der Waals surface area contributed by atoms with Gasteiger partial charge < -0.3 is 42.3 Å². The summed E-state index contributed by atoms with van der Waals surface area (Å²) >= 11 is 7.30. The Morgan fingerprint density at radius 1 is 0.974 bits per heavy atom. The number of benzene rings is 1. The molecule has 0 saturated heterocycles. The second-order valence-corrected chi connectivity index (χ2v) is 9.81. The molecule has 9 N–H and O–H groups in total. The lowest BCUT2D eigenvalue weighted by atomic mass is 10.1. The molecule has 0 radical (unpaired) electrons. The summed E-state index contributed by atoms with van der Waals surface area (Å²) in [5.74, 6) is -3.79. The Morgan fingerprint density at radius 2 is 1.61 bits per heavy atom. The topological polar surface area (TPSA) is 225 Å². The number of nitrogens with two attached hydrogens (primary N) is 2. The molecule has 38 heavy (non-hydrogen) atoms. The molecule has 2 amide bonds. The van der Waals surface area contributed by atoms with E-state index in [-0.39, 0.29) is 25.0 Å². The summed E-state index contributed by atoms with van der Waals surface area (Å²) in [5.41, 5.74) is 12.6. The Hall–Kier alpha value is -3.07. The molecule has 0 heterocycles. The minimum Gasteiger partial charge on any atom is -0.480 e. The van der Waals surface area contributed by atoms with E-state index in [2.05, 4.69) is 10.6 Å². The number of carbonyl (C=O) groups is 5. The number of hydrogen-bond acceptors (Lipinski definition) is 9. The Kier molecular flexibility index (Phi) is 15.1. The molecule has 1 aromatic rings. The van der Waals surface area contributed by atoms with Gasteiger partial charge in [0.25, 0.3) is 0 Å². The number of halogens is 1. The average Bonchev–Trinajstić information content (AvgIpc) is 2.87. The lowest BCUT2D eigenvalue weighted by Gasteiger charge is -2.25. The quantitative estimate of drug-likeness (QED) is 0.0802. The number of amides is 2. The molecule has 0 spiro atoms. The van der Waals surface area contributed by atoms with Gasteiger partial charge in [0.05, 0.1) is 0 Å². The molecule has 0 saturated carbocycles. The van der Waals surface area contributed by atoms with Crippen LogP contribution in [0.2, 0.25) is 0 Å². The number of carboxylic acids is 3. The SMILES string of the molecule is NC(CCC(=O)NC(CSCCN(CCCl)c1ccc(CC(N)C(=O)O)cc1)C(=O)NCC(=O)O)C(=O)O. The van der Waals surface area contributed by atoms with E-state index >= 15 is 0 Å². The lowest BCUT2D eigenvalue weighted by Crippen LogP contribution is -2.49. The zero-order chi connectivity index (χ0) is 28.7. The predicted octanol–water partition coefficient (Wildman–Crippen LogP) is -0.703. The first-order valence-electron chi connectivity index (χ1n) is 11.7. The van der Waals surface area contributed by atoms with Crippen molar-refractivity contribution < 1.29 is 39.3 Å². The van der Waals surface area contributed by atoms with Crippen LogP contribution in [0.25, 0.3) is 0 Å². The predicted molar refractivity (Wildman–Crippen MR) is 143 cm³/mol. The second-order valence-electron chi connectivity index (χ2n) is 8.28. The number of thioether (sulfide) groups is 1. The number of carboxylic acid groups (broad SMARTS) is 3. The van der Waals surface area contributed by atoms with Crippen LogP contribution in [0.1, 0.15) is 18.4 Å². The molecule has 0 aliphatic heterocycles. The third-order valence-electron chi connectivity index (χ3n) is 5.28. The summed E-state index contributed by atoms with van der Waals surface area (Å²) in [6.07, 6.45) is -0.135. The molecule has 0 aromatic heterocycles. The molecule has 13 nitrogen and oxygen atoms in total. The van der Waals surface area contributed by atoms with Gasteiger partial charge in [-0.2, -0.15) is 11.8 Å². The van der Waals surface area contributed by atoms with Gasteiger partial charge in [-0.05, 0) is 30.5 Å². The fourth-order valence-electron chi connectivity index (χ4n) is 3.18. The highest BCUT2D eigenvalue weighted by molar-refractivity contribution is 7.99. The summed E-state index contributed by atoms with van der Waals surface area (Å²) in [7, 11) is 0. The van der Waals surface area contributed by atoms with Crippen LogP contribution >= 0.6 is 23.4 Å². The maximum atomic E-state index is 12.4. The van der Waals surface area contributed by atoms with E-state index in [1.807, 2.05) is 17.0 Å². The zero-order valence-electron chi connectivity index (χ0n) is 20.7. The van der Waals surface area contributed by atoms with Crippen molar-refractivity contribution in [2.75, 3.05) is 41.9 Å². The van der Waals surface area contributed by atoms with Gasteiger partial charge in [-0.3, -0.25) is 24.0 Å². The number of alkyl halides is 1. The van der Waals surface area contributed by atoms with Crippen LogP contribution in [0.5, 0.6) is 0 Å². The average molecular weight is 576 g/mol. The van der Waals surface area contributed by atoms with Crippen molar-refractivity contribution in [2.24, 2.45) is 11.5 Å². The van der Waals surface area contributed by atoms with Crippen molar-refractivity contribution in [2.45, 2.75) is 37.4 Å². The molecule has 0 aliphatic rings. The summed E-state index contributed by atoms with van der Waals surface area (Å²) in [5, 5.41) is 31.4. The molecule has 3 atom stereocenters. The molecule has 212 valence electrons. The van der Waals surface area contributed by atoms with Gasteiger partial charge in [-0.25, -0.2) is 0 Å². The Balaban J connectivity index is 2.71. The van der Waals surface area contributed by atoms with Crippen LogP contribution in [0.4, 0.5) is 5.69 Å². The number of carbonyl (C=O) groups excluding carboxylic acids is 2. The van der Waals surface area contributed by atoms with Gasteiger partial charge in [0, 0.05) is 42.6 Å². The number of nitrogens with one attached hydrogen (secondary N) is 2. The Bertz CT molecular complexity index is 952. The first kappa shape index (κ1) is 33.0. The van der Waals surface area contributed by atoms with Gasteiger partial charge in [-0.1, -0.05) is 12.1 Å². The molecule has 3 unspecified atom stereocenters. The van der Waals surface area contributed by atoms with Gasteiger partial charge in [0.1, 0.15) is 24.7 Å². The molecule has 0 fully saturated rings.